The van der Waals surface area contributed by atoms with Crippen molar-refractivity contribution in [3.05, 3.63) is 29.3 Å². The van der Waals surface area contributed by atoms with Gasteiger partial charge in [0.1, 0.15) is 5.75 Å². The third-order valence-corrected chi connectivity index (χ3v) is 2.94. The summed E-state index contributed by atoms with van der Waals surface area (Å²) in [6.07, 6.45) is 0. The second-order valence-electron chi connectivity index (χ2n) is 4.80. The minimum Gasteiger partial charge on any atom is -0.493 e. The van der Waals surface area contributed by atoms with Crippen LogP contribution in [0.15, 0.2) is 18.2 Å². The molecule has 0 amide bonds. The van der Waals surface area contributed by atoms with Crippen LogP contribution in [0.4, 0.5) is 0 Å². The first-order valence-corrected chi connectivity index (χ1v) is 5.00. The van der Waals surface area contributed by atoms with Crippen LogP contribution in [-0.4, -0.2) is 6.61 Å². The van der Waals surface area contributed by atoms with Gasteiger partial charge in [0.15, 0.2) is 0 Å². The molecule has 1 aliphatic rings. The third-order valence-electron chi connectivity index (χ3n) is 2.94. The van der Waals surface area contributed by atoms with Crippen molar-refractivity contribution in [2.45, 2.75) is 26.8 Å². The zero-order valence-corrected chi connectivity index (χ0v) is 9.00. The summed E-state index contributed by atoms with van der Waals surface area (Å²) in [5, 5.41) is 0. The molecule has 0 spiro atoms. The Labute approximate surface area is 85.1 Å². The summed E-state index contributed by atoms with van der Waals surface area (Å²) in [7, 11) is 0. The molecule has 2 rings (SSSR count). The van der Waals surface area contributed by atoms with Crippen molar-refractivity contribution >= 4 is 0 Å². The van der Waals surface area contributed by atoms with E-state index < -0.39 is 0 Å². The Balaban J connectivity index is 2.48. The van der Waals surface area contributed by atoms with E-state index in [1.54, 1.807) is 0 Å². The highest BCUT2D eigenvalue weighted by Gasteiger charge is 2.34. The average Bonchev–Trinajstić information content (AvgIpc) is 2.13. The van der Waals surface area contributed by atoms with E-state index in [-0.39, 0.29) is 11.5 Å². The Hall–Kier alpha value is -1.02. The van der Waals surface area contributed by atoms with Gasteiger partial charge in [0.2, 0.25) is 0 Å². The van der Waals surface area contributed by atoms with Crippen molar-refractivity contribution in [2.24, 2.45) is 11.1 Å². The van der Waals surface area contributed by atoms with E-state index in [9.17, 15) is 0 Å². The summed E-state index contributed by atoms with van der Waals surface area (Å²) in [4.78, 5) is 0. The first-order chi connectivity index (χ1) is 6.50. The van der Waals surface area contributed by atoms with Gasteiger partial charge in [-0.3, -0.25) is 0 Å². The molecule has 2 N–H and O–H groups in total. The fourth-order valence-electron chi connectivity index (χ4n) is 1.82. The Morgan fingerprint density at radius 1 is 1.43 bits per heavy atom. The molecule has 0 aliphatic carbocycles. The summed E-state index contributed by atoms with van der Waals surface area (Å²) in [5.74, 6) is 0.947. The summed E-state index contributed by atoms with van der Waals surface area (Å²) < 4.78 is 5.68. The summed E-state index contributed by atoms with van der Waals surface area (Å²) >= 11 is 0. The fraction of sp³-hybridized carbons (Fsp3) is 0.500. The molecule has 14 heavy (non-hydrogen) atoms. The summed E-state index contributed by atoms with van der Waals surface area (Å²) in [6, 6.07) is 6.27. The van der Waals surface area contributed by atoms with Crippen molar-refractivity contribution in [1.82, 2.24) is 0 Å². The lowest BCUT2D eigenvalue weighted by Crippen LogP contribution is -2.38. The molecule has 76 valence electrons. The van der Waals surface area contributed by atoms with Crippen LogP contribution in [-0.2, 0) is 0 Å². The normalized spacial score (nSPS) is 23.9. The Kier molecular flexibility index (Phi) is 2.04. The lowest BCUT2D eigenvalue weighted by atomic mass is 9.79. The molecule has 0 saturated carbocycles. The number of ether oxygens (including phenoxy) is 1. The topological polar surface area (TPSA) is 35.2 Å². The highest BCUT2D eigenvalue weighted by atomic mass is 16.5. The van der Waals surface area contributed by atoms with Crippen molar-refractivity contribution in [1.29, 1.82) is 0 Å². The second kappa shape index (κ2) is 2.99. The highest BCUT2D eigenvalue weighted by molar-refractivity contribution is 5.41. The lowest BCUT2D eigenvalue weighted by Gasteiger charge is -2.37. The Morgan fingerprint density at radius 3 is 2.86 bits per heavy atom. The monoisotopic (exact) mass is 191 g/mol. The SMILES string of the molecule is Cc1ccc2c(c1)C(N)C(C)(C)CO2. The maximum Gasteiger partial charge on any atom is 0.124 e. The van der Waals surface area contributed by atoms with Crippen LogP contribution in [0.3, 0.4) is 0 Å². The van der Waals surface area contributed by atoms with Gasteiger partial charge >= 0.3 is 0 Å². The van der Waals surface area contributed by atoms with Crippen LogP contribution in [0.5, 0.6) is 5.75 Å². The number of benzene rings is 1. The maximum atomic E-state index is 6.21. The molecule has 1 unspecified atom stereocenters. The molecular formula is C12H17NO. The quantitative estimate of drug-likeness (QED) is 0.683. The molecule has 0 bridgehead atoms. The third kappa shape index (κ3) is 1.40. The minimum absolute atomic E-state index is 0.0286. The van der Waals surface area contributed by atoms with Crippen molar-refractivity contribution in [3.8, 4) is 5.75 Å². The van der Waals surface area contributed by atoms with Crippen LogP contribution in [0, 0.1) is 12.3 Å². The fourth-order valence-corrected chi connectivity index (χ4v) is 1.82. The Bertz CT molecular complexity index is 357. The van der Waals surface area contributed by atoms with Crippen molar-refractivity contribution in [3.63, 3.8) is 0 Å². The number of fused-ring (bicyclic) bond motifs is 1. The van der Waals surface area contributed by atoms with Crippen LogP contribution in [0.2, 0.25) is 0 Å². The van der Waals surface area contributed by atoms with Crippen LogP contribution < -0.4 is 10.5 Å². The second-order valence-corrected chi connectivity index (χ2v) is 4.80. The van der Waals surface area contributed by atoms with Gasteiger partial charge in [0, 0.05) is 17.0 Å². The average molecular weight is 191 g/mol. The number of rotatable bonds is 0. The molecular weight excluding hydrogens is 174 g/mol. The number of aryl methyl sites for hydroxylation is 1. The molecule has 0 saturated heterocycles. The summed E-state index contributed by atoms with van der Waals surface area (Å²) in [6.45, 7) is 7.06. The summed E-state index contributed by atoms with van der Waals surface area (Å²) in [5.41, 5.74) is 8.62. The van der Waals surface area contributed by atoms with E-state index in [1.807, 2.05) is 6.07 Å². The van der Waals surface area contributed by atoms with Gasteiger partial charge < -0.3 is 10.5 Å². The van der Waals surface area contributed by atoms with E-state index in [1.165, 1.54) is 5.56 Å². The van der Waals surface area contributed by atoms with Crippen molar-refractivity contribution in [2.75, 3.05) is 6.61 Å². The van der Waals surface area contributed by atoms with Crippen LogP contribution in [0.1, 0.15) is 31.0 Å². The van der Waals surface area contributed by atoms with Gasteiger partial charge in [0.25, 0.3) is 0 Å². The first-order valence-electron chi connectivity index (χ1n) is 5.00. The molecule has 1 aromatic rings. The van der Waals surface area contributed by atoms with Crippen LogP contribution in [0.25, 0.3) is 0 Å². The predicted octanol–water partition coefficient (Wildman–Crippen LogP) is 2.41. The molecule has 0 radical (unpaired) electrons. The lowest BCUT2D eigenvalue weighted by molar-refractivity contribution is 0.122. The van der Waals surface area contributed by atoms with Crippen molar-refractivity contribution < 1.29 is 4.74 Å². The van der Waals surface area contributed by atoms with Gasteiger partial charge in [-0.25, -0.2) is 0 Å². The van der Waals surface area contributed by atoms with Gasteiger partial charge in [0.05, 0.1) is 6.61 Å². The maximum absolute atomic E-state index is 6.21. The van der Waals surface area contributed by atoms with Gasteiger partial charge in [-0.15, -0.1) is 0 Å². The molecule has 1 heterocycles. The zero-order valence-electron chi connectivity index (χ0n) is 9.00. The van der Waals surface area contributed by atoms with Gasteiger partial charge in [-0.05, 0) is 13.0 Å². The molecule has 0 aromatic heterocycles. The number of hydrogen-bond donors (Lipinski definition) is 1. The van der Waals surface area contributed by atoms with Gasteiger partial charge in [-0.1, -0.05) is 31.5 Å². The molecule has 1 aromatic carbocycles. The molecule has 0 fully saturated rings. The molecule has 2 heteroatoms. The van der Waals surface area contributed by atoms with E-state index in [0.717, 1.165) is 11.3 Å². The highest BCUT2D eigenvalue weighted by Crippen LogP contribution is 2.41. The Morgan fingerprint density at radius 2 is 2.14 bits per heavy atom. The number of hydrogen-bond acceptors (Lipinski definition) is 2. The number of nitrogens with two attached hydrogens (primary N) is 1. The molecule has 1 atom stereocenters. The van der Waals surface area contributed by atoms with E-state index in [0.29, 0.717) is 6.61 Å². The minimum atomic E-state index is 0.0286. The van der Waals surface area contributed by atoms with E-state index in [4.69, 9.17) is 10.5 Å². The first kappa shape index (κ1) is 9.53. The smallest absolute Gasteiger partial charge is 0.124 e. The largest absolute Gasteiger partial charge is 0.493 e. The van der Waals surface area contributed by atoms with Gasteiger partial charge in [-0.2, -0.15) is 0 Å². The predicted molar refractivity (Wildman–Crippen MR) is 57.4 cm³/mol. The standard InChI is InChI=1S/C12H17NO/c1-8-4-5-10-9(6-8)11(13)12(2,3)7-14-10/h4-6,11H,7,13H2,1-3H3. The van der Waals surface area contributed by atoms with E-state index in [2.05, 4.69) is 32.9 Å². The van der Waals surface area contributed by atoms with Crippen LogP contribution >= 0.6 is 0 Å². The molecule has 1 aliphatic heterocycles. The zero-order chi connectivity index (χ0) is 10.3. The van der Waals surface area contributed by atoms with E-state index >= 15 is 0 Å². The molecule has 2 nitrogen and oxygen atoms in total.